The summed E-state index contributed by atoms with van der Waals surface area (Å²) in [5.41, 5.74) is 4.24. The van der Waals surface area contributed by atoms with Crippen molar-refractivity contribution in [2.24, 2.45) is 0 Å². The summed E-state index contributed by atoms with van der Waals surface area (Å²) in [4.78, 5) is 28.2. The van der Waals surface area contributed by atoms with Crippen molar-refractivity contribution < 1.29 is 14.7 Å². The van der Waals surface area contributed by atoms with Gasteiger partial charge in [0.15, 0.2) is 0 Å². The number of benzene rings is 1. The van der Waals surface area contributed by atoms with Crippen molar-refractivity contribution in [3.63, 3.8) is 0 Å². The van der Waals surface area contributed by atoms with Crippen LogP contribution in [0.5, 0.6) is 0 Å². The Morgan fingerprint density at radius 2 is 1.97 bits per heavy atom. The number of aromatic nitrogens is 1. The first-order chi connectivity index (χ1) is 14.0. The largest absolute Gasteiger partial charge is 0.481 e. The first-order valence-corrected chi connectivity index (χ1v) is 10.3. The van der Waals surface area contributed by atoms with E-state index < -0.39 is 12.0 Å². The van der Waals surface area contributed by atoms with Gasteiger partial charge >= 0.3 is 5.97 Å². The van der Waals surface area contributed by atoms with Gasteiger partial charge in [-0.05, 0) is 56.2 Å². The number of nitrogens with zero attached hydrogens (tertiary/aromatic N) is 1. The van der Waals surface area contributed by atoms with Crippen LogP contribution in [0.15, 0.2) is 36.4 Å². The SMILES string of the molecule is Cc1ccc(C(CC(=O)O)NC(=O)CCCCc2ccc3c(n2)NCCC3)cc1. The number of hydrogen-bond acceptors (Lipinski definition) is 4. The van der Waals surface area contributed by atoms with Crippen LogP contribution in [-0.4, -0.2) is 28.5 Å². The summed E-state index contributed by atoms with van der Waals surface area (Å²) >= 11 is 0. The van der Waals surface area contributed by atoms with E-state index in [1.54, 1.807) is 0 Å². The van der Waals surface area contributed by atoms with Crippen LogP contribution in [0.2, 0.25) is 0 Å². The van der Waals surface area contributed by atoms with Crippen molar-refractivity contribution in [3.05, 3.63) is 58.8 Å². The molecule has 6 nitrogen and oxygen atoms in total. The molecule has 2 aromatic rings. The Morgan fingerprint density at radius 1 is 1.17 bits per heavy atom. The molecule has 29 heavy (non-hydrogen) atoms. The standard InChI is InChI=1S/C23H29N3O3/c1-16-8-10-17(11-9-16)20(15-22(28)29)26-21(27)7-3-2-6-19-13-12-18-5-4-14-24-23(18)25-19/h8-13,20H,2-7,14-15H2,1H3,(H,24,25)(H,26,27)(H,28,29). The molecule has 0 fully saturated rings. The van der Waals surface area contributed by atoms with Crippen LogP contribution < -0.4 is 10.6 Å². The number of aliphatic carboxylic acids is 1. The highest BCUT2D eigenvalue weighted by Gasteiger charge is 2.18. The minimum atomic E-state index is -0.928. The number of amides is 1. The molecule has 1 atom stereocenters. The number of pyridine rings is 1. The highest BCUT2D eigenvalue weighted by Crippen LogP contribution is 2.21. The van der Waals surface area contributed by atoms with Gasteiger partial charge in [0.25, 0.3) is 0 Å². The van der Waals surface area contributed by atoms with Crippen molar-refractivity contribution in [2.75, 3.05) is 11.9 Å². The molecule has 0 radical (unpaired) electrons. The number of anilines is 1. The van der Waals surface area contributed by atoms with Crippen LogP contribution in [0.4, 0.5) is 5.82 Å². The number of unbranched alkanes of at least 4 members (excludes halogenated alkanes) is 1. The van der Waals surface area contributed by atoms with E-state index in [-0.39, 0.29) is 12.3 Å². The van der Waals surface area contributed by atoms with Gasteiger partial charge < -0.3 is 15.7 Å². The molecule has 1 amide bonds. The second kappa shape index (κ2) is 10.0. The lowest BCUT2D eigenvalue weighted by Gasteiger charge is -2.18. The van der Waals surface area contributed by atoms with Crippen molar-refractivity contribution in [3.8, 4) is 0 Å². The molecule has 2 heterocycles. The minimum Gasteiger partial charge on any atom is -0.481 e. The van der Waals surface area contributed by atoms with Crippen LogP contribution in [0.3, 0.4) is 0 Å². The number of hydrogen-bond donors (Lipinski definition) is 3. The highest BCUT2D eigenvalue weighted by atomic mass is 16.4. The van der Waals surface area contributed by atoms with Gasteiger partial charge in [-0.15, -0.1) is 0 Å². The fourth-order valence-corrected chi connectivity index (χ4v) is 3.59. The second-order valence-electron chi connectivity index (χ2n) is 7.68. The number of rotatable bonds is 9. The second-order valence-corrected chi connectivity index (χ2v) is 7.68. The van der Waals surface area contributed by atoms with E-state index in [2.05, 4.69) is 27.8 Å². The molecule has 0 spiro atoms. The lowest BCUT2D eigenvalue weighted by molar-refractivity contribution is -0.137. The maximum Gasteiger partial charge on any atom is 0.305 e. The van der Waals surface area contributed by atoms with Gasteiger partial charge in [0.1, 0.15) is 5.82 Å². The van der Waals surface area contributed by atoms with E-state index >= 15 is 0 Å². The summed E-state index contributed by atoms with van der Waals surface area (Å²) in [6.45, 7) is 2.95. The molecule has 3 N–H and O–H groups in total. The fraction of sp³-hybridized carbons (Fsp3) is 0.435. The summed E-state index contributed by atoms with van der Waals surface area (Å²) in [6.07, 6.45) is 4.92. The summed E-state index contributed by atoms with van der Waals surface area (Å²) < 4.78 is 0. The van der Waals surface area contributed by atoms with E-state index in [1.807, 2.05) is 31.2 Å². The summed E-state index contributed by atoms with van der Waals surface area (Å²) in [7, 11) is 0. The molecule has 0 saturated heterocycles. The Hall–Kier alpha value is -2.89. The molecule has 0 saturated carbocycles. The van der Waals surface area contributed by atoms with E-state index in [9.17, 15) is 14.7 Å². The molecule has 6 heteroatoms. The topological polar surface area (TPSA) is 91.3 Å². The van der Waals surface area contributed by atoms with Crippen LogP contribution in [0.1, 0.15) is 60.5 Å². The van der Waals surface area contributed by atoms with Gasteiger partial charge in [0.2, 0.25) is 5.91 Å². The number of carboxylic acid groups (broad SMARTS) is 1. The number of carboxylic acids is 1. The van der Waals surface area contributed by atoms with Gasteiger partial charge in [0, 0.05) is 18.7 Å². The average Bonchev–Trinajstić information content (AvgIpc) is 2.71. The molecule has 154 valence electrons. The zero-order valence-corrected chi connectivity index (χ0v) is 16.9. The Bertz CT molecular complexity index is 849. The first kappa shape index (κ1) is 20.8. The normalized spacial score (nSPS) is 13.8. The smallest absolute Gasteiger partial charge is 0.305 e. The Labute approximate surface area is 171 Å². The molecule has 0 bridgehead atoms. The lowest BCUT2D eigenvalue weighted by Crippen LogP contribution is -2.30. The van der Waals surface area contributed by atoms with Crippen molar-refractivity contribution in [2.45, 2.75) is 57.9 Å². The van der Waals surface area contributed by atoms with Crippen LogP contribution in [-0.2, 0) is 22.4 Å². The van der Waals surface area contributed by atoms with Crippen LogP contribution in [0, 0.1) is 6.92 Å². The van der Waals surface area contributed by atoms with Gasteiger partial charge in [-0.1, -0.05) is 35.9 Å². The predicted molar refractivity (Wildman–Crippen MR) is 113 cm³/mol. The zero-order valence-electron chi connectivity index (χ0n) is 16.9. The third kappa shape index (κ3) is 6.31. The monoisotopic (exact) mass is 395 g/mol. The first-order valence-electron chi connectivity index (χ1n) is 10.3. The predicted octanol–water partition coefficient (Wildman–Crippen LogP) is 3.79. The number of carbonyl (C=O) groups is 2. The number of carbonyl (C=O) groups excluding carboxylic acids is 1. The number of nitrogens with one attached hydrogen (secondary N) is 2. The van der Waals surface area contributed by atoms with Crippen molar-refractivity contribution >= 4 is 17.7 Å². The highest BCUT2D eigenvalue weighted by molar-refractivity contribution is 5.77. The molecule has 1 aromatic heterocycles. The van der Waals surface area contributed by atoms with Gasteiger partial charge in [-0.3, -0.25) is 9.59 Å². The molecular weight excluding hydrogens is 366 g/mol. The molecule has 1 aliphatic rings. The van der Waals surface area contributed by atoms with E-state index in [1.165, 1.54) is 5.56 Å². The average molecular weight is 396 g/mol. The Morgan fingerprint density at radius 3 is 2.72 bits per heavy atom. The molecular formula is C23H29N3O3. The molecule has 1 unspecified atom stereocenters. The number of fused-ring (bicyclic) bond motifs is 1. The van der Waals surface area contributed by atoms with E-state index in [0.717, 1.165) is 61.3 Å². The third-order valence-corrected chi connectivity index (χ3v) is 5.23. The molecule has 3 rings (SSSR count). The summed E-state index contributed by atoms with van der Waals surface area (Å²) in [5.74, 6) is -0.0408. The van der Waals surface area contributed by atoms with E-state index in [4.69, 9.17) is 0 Å². The minimum absolute atomic E-state index is 0.114. The molecule has 1 aliphatic heterocycles. The zero-order chi connectivity index (χ0) is 20.6. The van der Waals surface area contributed by atoms with E-state index in [0.29, 0.717) is 6.42 Å². The van der Waals surface area contributed by atoms with Gasteiger partial charge in [0.05, 0.1) is 12.5 Å². The number of aryl methyl sites for hydroxylation is 3. The van der Waals surface area contributed by atoms with Crippen molar-refractivity contribution in [1.29, 1.82) is 0 Å². The van der Waals surface area contributed by atoms with Crippen molar-refractivity contribution in [1.82, 2.24) is 10.3 Å². The van der Waals surface area contributed by atoms with Gasteiger partial charge in [-0.25, -0.2) is 4.98 Å². The molecule has 0 aliphatic carbocycles. The Balaban J connectivity index is 1.46. The quantitative estimate of drug-likeness (QED) is 0.562. The van der Waals surface area contributed by atoms with Gasteiger partial charge in [-0.2, -0.15) is 0 Å². The molecule has 1 aromatic carbocycles. The maximum absolute atomic E-state index is 12.3. The lowest BCUT2D eigenvalue weighted by atomic mass is 10.0. The van der Waals surface area contributed by atoms with Crippen LogP contribution >= 0.6 is 0 Å². The Kier molecular flexibility index (Phi) is 7.22. The maximum atomic E-state index is 12.3. The fourth-order valence-electron chi connectivity index (χ4n) is 3.59. The summed E-state index contributed by atoms with van der Waals surface area (Å²) in [5, 5.41) is 15.4. The summed E-state index contributed by atoms with van der Waals surface area (Å²) in [6, 6.07) is 11.3. The third-order valence-electron chi connectivity index (χ3n) is 5.23. The van der Waals surface area contributed by atoms with Crippen LogP contribution in [0.25, 0.3) is 0 Å².